The van der Waals surface area contributed by atoms with Gasteiger partial charge in [0.15, 0.2) is 0 Å². The van der Waals surface area contributed by atoms with Gasteiger partial charge in [-0.2, -0.15) is 11.8 Å². The molecule has 1 atom stereocenters. The number of aliphatic hydroxyl groups is 1. The van der Waals surface area contributed by atoms with Crippen molar-refractivity contribution in [2.45, 2.75) is 45.8 Å². The third kappa shape index (κ3) is 5.03. The molecule has 0 amide bonds. The van der Waals surface area contributed by atoms with Crippen LogP contribution in [0.1, 0.15) is 37.9 Å². The van der Waals surface area contributed by atoms with Gasteiger partial charge in [0.2, 0.25) is 0 Å². The highest BCUT2D eigenvalue weighted by atomic mass is 32.2. The SMILES string of the molecule is CCCc1cc(CO)cc(N(C)C(C)CCSC)n1. The topological polar surface area (TPSA) is 36.4 Å². The van der Waals surface area contributed by atoms with E-state index in [1.165, 1.54) is 0 Å². The van der Waals surface area contributed by atoms with E-state index in [0.29, 0.717) is 6.04 Å². The molecule has 3 nitrogen and oxygen atoms in total. The summed E-state index contributed by atoms with van der Waals surface area (Å²) in [7, 11) is 2.09. The van der Waals surface area contributed by atoms with Gasteiger partial charge >= 0.3 is 0 Å². The minimum absolute atomic E-state index is 0.0826. The number of pyridine rings is 1. The number of hydrogen-bond acceptors (Lipinski definition) is 4. The minimum atomic E-state index is 0.0826. The molecule has 19 heavy (non-hydrogen) atoms. The van der Waals surface area contributed by atoms with Crippen molar-refractivity contribution in [2.24, 2.45) is 0 Å². The van der Waals surface area contributed by atoms with Crippen LogP contribution in [0.25, 0.3) is 0 Å². The first-order valence-corrected chi connectivity index (χ1v) is 8.34. The zero-order chi connectivity index (χ0) is 14.3. The molecule has 0 aliphatic rings. The second-order valence-corrected chi connectivity index (χ2v) is 5.96. The lowest BCUT2D eigenvalue weighted by Crippen LogP contribution is -2.30. The first kappa shape index (κ1) is 16.3. The number of anilines is 1. The molecule has 1 heterocycles. The van der Waals surface area contributed by atoms with Crippen molar-refractivity contribution < 1.29 is 5.11 Å². The highest BCUT2D eigenvalue weighted by molar-refractivity contribution is 7.98. The summed E-state index contributed by atoms with van der Waals surface area (Å²) < 4.78 is 0. The van der Waals surface area contributed by atoms with Crippen molar-refractivity contribution in [3.63, 3.8) is 0 Å². The fourth-order valence-corrected chi connectivity index (χ4v) is 2.57. The quantitative estimate of drug-likeness (QED) is 0.795. The zero-order valence-corrected chi connectivity index (χ0v) is 13.3. The third-order valence-corrected chi connectivity index (χ3v) is 4.02. The molecule has 0 bridgehead atoms. The second kappa shape index (κ2) is 8.43. The van der Waals surface area contributed by atoms with Gasteiger partial charge in [-0.15, -0.1) is 0 Å². The Morgan fingerprint density at radius 3 is 2.74 bits per heavy atom. The Bertz CT molecular complexity index is 384. The molecule has 0 saturated heterocycles. The molecule has 1 rings (SSSR count). The molecule has 0 aliphatic carbocycles. The number of thioether (sulfide) groups is 1. The van der Waals surface area contributed by atoms with Crippen LogP contribution in [0.5, 0.6) is 0 Å². The molecule has 0 aromatic carbocycles. The Morgan fingerprint density at radius 1 is 1.42 bits per heavy atom. The summed E-state index contributed by atoms with van der Waals surface area (Å²) in [5.74, 6) is 2.14. The van der Waals surface area contributed by atoms with E-state index in [0.717, 1.165) is 42.1 Å². The molecule has 0 fully saturated rings. The number of aliphatic hydroxyl groups excluding tert-OH is 1. The molecule has 1 unspecified atom stereocenters. The molecule has 0 radical (unpaired) electrons. The highest BCUT2D eigenvalue weighted by Crippen LogP contribution is 2.19. The van der Waals surface area contributed by atoms with Crippen molar-refractivity contribution in [1.82, 2.24) is 4.98 Å². The van der Waals surface area contributed by atoms with Crippen molar-refractivity contribution in [1.29, 1.82) is 0 Å². The molecule has 1 aromatic rings. The Morgan fingerprint density at radius 2 is 2.16 bits per heavy atom. The lowest BCUT2D eigenvalue weighted by Gasteiger charge is -2.26. The number of aryl methyl sites for hydroxylation is 1. The second-order valence-electron chi connectivity index (χ2n) is 4.97. The molecule has 4 heteroatoms. The fourth-order valence-electron chi connectivity index (χ4n) is 2.00. The predicted octanol–water partition coefficient (Wildman–Crippen LogP) is 3.10. The van der Waals surface area contributed by atoms with Gasteiger partial charge in [0.25, 0.3) is 0 Å². The first-order chi connectivity index (χ1) is 9.12. The van der Waals surface area contributed by atoms with E-state index in [1.54, 1.807) is 0 Å². The number of nitrogens with zero attached hydrogens (tertiary/aromatic N) is 2. The molecule has 0 aliphatic heterocycles. The van der Waals surface area contributed by atoms with Gasteiger partial charge in [-0.3, -0.25) is 0 Å². The summed E-state index contributed by atoms with van der Waals surface area (Å²) >= 11 is 1.87. The van der Waals surface area contributed by atoms with E-state index in [2.05, 4.69) is 32.1 Å². The molecule has 0 saturated carbocycles. The van der Waals surface area contributed by atoms with E-state index in [9.17, 15) is 5.11 Å². The van der Waals surface area contributed by atoms with Gasteiger partial charge in [-0.05, 0) is 49.5 Å². The van der Waals surface area contributed by atoms with E-state index in [1.807, 2.05) is 23.9 Å². The molecule has 1 aromatic heterocycles. The lowest BCUT2D eigenvalue weighted by molar-refractivity contribution is 0.281. The molecule has 108 valence electrons. The van der Waals surface area contributed by atoms with Gasteiger partial charge in [0, 0.05) is 18.8 Å². The van der Waals surface area contributed by atoms with Crippen LogP contribution in [0, 0.1) is 0 Å². The van der Waals surface area contributed by atoms with Gasteiger partial charge < -0.3 is 10.0 Å². The monoisotopic (exact) mass is 282 g/mol. The van der Waals surface area contributed by atoms with Crippen LogP contribution < -0.4 is 4.90 Å². The number of hydrogen-bond donors (Lipinski definition) is 1. The van der Waals surface area contributed by atoms with Crippen LogP contribution in [0.3, 0.4) is 0 Å². The summed E-state index contributed by atoms with van der Waals surface area (Å²) in [6, 6.07) is 4.46. The van der Waals surface area contributed by atoms with Crippen molar-refractivity contribution in [2.75, 3.05) is 24.0 Å². The smallest absolute Gasteiger partial charge is 0.129 e. The highest BCUT2D eigenvalue weighted by Gasteiger charge is 2.12. The maximum absolute atomic E-state index is 9.37. The average Bonchev–Trinajstić information content (AvgIpc) is 2.43. The van der Waals surface area contributed by atoms with Crippen molar-refractivity contribution in [3.8, 4) is 0 Å². The first-order valence-electron chi connectivity index (χ1n) is 6.94. The van der Waals surface area contributed by atoms with Crippen LogP contribution in [0.2, 0.25) is 0 Å². The lowest BCUT2D eigenvalue weighted by atomic mass is 10.1. The molecular formula is C15H26N2OS. The van der Waals surface area contributed by atoms with Gasteiger partial charge in [-0.25, -0.2) is 4.98 Å². The number of rotatable bonds is 8. The van der Waals surface area contributed by atoms with Gasteiger partial charge in [-0.1, -0.05) is 13.3 Å². The summed E-state index contributed by atoms with van der Waals surface area (Å²) in [5.41, 5.74) is 2.03. The van der Waals surface area contributed by atoms with Crippen molar-refractivity contribution >= 4 is 17.6 Å². The molecular weight excluding hydrogens is 256 g/mol. The van der Waals surface area contributed by atoms with Crippen LogP contribution in [0.4, 0.5) is 5.82 Å². The van der Waals surface area contributed by atoms with Crippen LogP contribution in [-0.4, -0.2) is 35.2 Å². The summed E-state index contributed by atoms with van der Waals surface area (Å²) in [4.78, 5) is 6.92. The standard InChI is InChI=1S/C15H26N2OS/c1-5-6-14-9-13(11-18)10-15(16-14)17(3)12(2)7-8-19-4/h9-10,12,18H,5-8,11H2,1-4H3. The van der Waals surface area contributed by atoms with Crippen LogP contribution in [0.15, 0.2) is 12.1 Å². The Hall–Kier alpha value is -0.740. The summed E-state index contributed by atoms with van der Waals surface area (Å²) in [6.45, 7) is 4.46. The normalized spacial score (nSPS) is 12.5. The fraction of sp³-hybridized carbons (Fsp3) is 0.667. The van der Waals surface area contributed by atoms with Crippen LogP contribution in [-0.2, 0) is 13.0 Å². The summed E-state index contributed by atoms with van der Waals surface area (Å²) in [5, 5.41) is 9.37. The predicted molar refractivity (Wildman–Crippen MR) is 85.0 cm³/mol. The molecule has 1 N–H and O–H groups in total. The van der Waals surface area contributed by atoms with E-state index in [4.69, 9.17) is 4.98 Å². The van der Waals surface area contributed by atoms with E-state index in [-0.39, 0.29) is 6.61 Å². The Kier molecular flexibility index (Phi) is 7.24. The van der Waals surface area contributed by atoms with Crippen LogP contribution >= 0.6 is 11.8 Å². The number of aromatic nitrogens is 1. The third-order valence-electron chi connectivity index (χ3n) is 3.38. The molecule has 0 spiro atoms. The zero-order valence-electron chi connectivity index (χ0n) is 12.5. The Labute approximate surface area is 121 Å². The van der Waals surface area contributed by atoms with E-state index < -0.39 is 0 Å². The largest absolute Gasteiger partial charge is 0.392 e. The maximum Gasteiger partial charge on any atom is 0.129 e. The van der Waals surface area contributed by atoms with E-state index >= 15 is 0 Å². The minimum Gasteiger partial charge on any atom is -0.392 e. The van der Waals surface area contributed by atoms with Crippen molar-refractivity contribution in [3.05, 3.63) is 23.4 Å². The Balaban J connectivity index is 2.87. The van der Waals surface area contributed by atoms with Gasteiger partial charge in [0.1, 0.15) is 5.82 Å². The maximum atomic E-state index is 9.37. The average molecular weight is 282 g/mol. The summed E-state index contributed by atoms with van der Waals surface area (Å²) in [6.07, 6.45) is 5.32. The van der Waals surface area contributed by atoms with Gasteiger partial charge in [0.05, 0.1) is 6.61 Å².